The maximum absolute atomic E-state index is 12.1. The predicted molar refractivity (Wildman–Crippen MR) is 106 cm³/mol. The van der Waals surface area contributed by atoms with E-state index in [4.69, 9.17) is 34.8 Å². The van der Waals surface area contributed by atoms with Crippen LogP contribution in [0, 0.1) is 0 Å². The minimum Gasteiger partial charge on any atom is -0.354 e. The molecule has 1 aromatic heterocycles. The Balaban J connectivity index is 1.60. The SMILES string of the molecule is O=C(Cn1nc(-c2ccc(Cl)cc2)[nH]c1=O)NCCc1c(Cl)cccc1Cl. The average molecular weight is 426 g/mol. The van der Waals surface area contributed by atoms with E-state index in [0.717, 1.165) is 10.2 Å². The fourth-order valence-electron chi connectivity index (χ4n) is 2.49. The molecule has 0 bridgehead atoms. The summed E-state index contributed by atoms with van der Waals surface area (Å²) in [5.41, 5.74) is 0.997. The molecule has 0 radical (unpaired) electrons. The highest BCUT2D eigenvalue weighted by Gasteiger charge is 2.11. The number of aromatic amines is 1. The molecule has 140 valence electrons. The lowest BCUT2D eigenvalue weighted by Crippen LogP contribution is -2.33. The van der Waals surface area contributed by atoms with Crippen LogP contribution < -0.4 is 11.0 Å². The molecule has 27 heavy (non-hydrogen) atoms. The normalized spacial score (nSPS) is 10.8. The lowest BCUT2D eigenvalue weighted by atomic mass is 10.1. The zero-order valence-electron chi connectivity index (χ0n) is 14.0. The van der Waals surface area contributed by atoms with Crippen molar-refractivity contribution in [1.29, 1.82) is 0 Å². The first-order valence-electron chi connectivity index (χ1n) is 8.06. The molecule has 0 unspecified atom stereocenters. The van der Waals surface area contributed by atoms with Crippen LogP contribution in [0.1, 0.15) is 5.56 Å². The van der Waals surface area contributed by atoms with E-state index in [0.29, 0.717) is 39.4 Å². The van der Waals surface area contributed by atoms with Crippen LogP contribution >= 0.6 is 34.8 Å². The molecule has 3 aromatic rings. The number of carbonyl (C=O) groups excluding carboxylic acids is 1. The van der Waals surface area contributed by atoms with Crippen molar-refractivity contribution in [2.24, 2.45) is 0 Å². The van der Waals surface area contributed by atoms with Gasteiger partial charge in [0.15, 0.2) is 5.82 Å². The van der Waals surface area contributed by atoms with Gasteiger partial charge in [0.1, 0.15) is 6.54 Å². The molecule has 0 fully saturated rings. The molecule has 0 atom stereocenters. The van der Waals surface area contributed by atoms with Crippen LogP contribution in [0.2, 0.25) is 15.1 Å². The Morgan fingerprint density at radius 1 is 1.07 bits per heavy atom. The first-order valence-corrected chi connectivity index (χ1v) is 9.20. The Hall–Kier alpha value is -2.28. The number of halogens is 3. The van der Waals surface area contributed by atoms with Crippen molar-refractivity contribution in [1.82, 2.24) is 20.1 Å². The third-order valence-corrected chi connectivity index (χ3v) is 4.81. The summed E-state index contributed by atoms with van der Waals surface area (Å²) in [7, 11) is 0. The number of hydrogen-bond donors (Lipinski definition) is 2. The van der Waals surface area contributed by atoms with Gasteiger partial charge in [-0.2, -0.15) is 0 Å². The molecule has 3 rings (SSSR count). The molecule has 1 amide bonds. The van der Waals surface area contributed by atoms with E-state index in [1.807, 2.05) is 0 Å². The molecule has 1 heterocycles. The molecular weight excluding hydrogens is 411 g/mol. The largest absolute Gasteiger partial charge is 0.354 e. The zero-order chi connectivity index (χ0) is 19.4. The second-order valence-corrected chi connectivity index (χ2v) is 6.99. The smallest absolute Gasteiger partial charge is 0.344 e. The van der Waals surface area contributed by atoms with Crippen molar-refractivity contribution >= 4 is 40.7 Å². The maximum atomic E-state index is 12.1. The summed E-state index contributed by atoms with van der Waals surface area (Å²) >= 11 is 18.1. The highest BCUT2D eigenvalue weighted by Crippen LogP contribution is 2.24. The first kappa shape index (κ1) is 19.5. The van der Waals surface area contributed by atoms with Gasteiger partial charge in [-0.25, -0.2) is 9.48 Å². The van der Waals surface area contributed by atoms with Gasteiger partial charge in [-0.15, -0.1) is 5.10 Å². The van der Waals surface area contributed by atoms with Crippen LogP contribution in [0.4, 0.5) is 0 Å². The minimum atomic E-state index is -0.468. The Kier molecular flexibility index (Phi) is 6.21. The lowest BCUT2D eigenvalue weighted by molar-refractivity contribution is -0.121. The summed E-state index contributed by atoms with van der Waals surface area (Å²) in [5.74, 6) is 0.0294. The summed E-state index contributed by atoms with van der Waals surface area (Å²) in [6.07, 6.45) is 0.482. The molecule has 9 heteroatoms. The molecule has 0 aliphatic carbocycles. The number of aromatic nitrogens is 3. The van der Waals surface area contributed by atoms with Gasteiger partial charge in [-0.3, -0.25) is 9.78 Å². The van der Waals surface area contributed by atoms with E-state index >= 15 is 0 Å². The average Bonchev–Trinajstić information content (AvgIpc) is 2.98. The molecule has 2 aromatic carbocycles. The molecule has 0 aliphatic rings. The van der Waals surface area contributed by atoms with Crippen molar-refractivity contribution in [3.63, 3.8) is 0 Å². The van der Waals surface area contributed by atoms with Crippen LogP contribution in [0.15, 0.2) is 47.3 Å². The van der Waals surface area contributed by atoms with E-state index < -0.39 is 5.69 Å². The van der Waals surface area contributed by atoms with E-state index in [2.05, 4.69) is 15.4 Å². The summed E-state index contributed by atoms with van der Waals surface area (Å²) in [5, 5.41) is 8.56. The van der Waals surface area contributed by atoms with Gasteiger partial charge in [0, 0.05) is 27.2 Å². The van der Waals surface area contributed by atoms with E-state index in [-0.39, 0.29) is 12.5 Å². The van der Waals surface area contributed by atoms with Gasteiger partial charge in [0.25, 0.3) is 0 Å². The highest BCUT2D eigenvalue weighted by molar-refractivity contribution is 6.36. The maximum Gasteiger partial charge on any atom is 0.344 e. The summed E-state index contributed by atoms with van der Waals surface area (Å²) in [6, 6.07) is 12.1. The number of nitrogens with one attached hydrogen (secondary N) is 2. The number of amides is 1. The third-order valence-electron chi connectivity index (χ3n) is 3.85. The second kappa shape index (κ2) is 8.61. The Morgan fingerprint density at radius 2 is 1.74 bits per heavy atom. The summed E-state index contributed by atoms with van der Waals surface area (Å²) in [6.45, 7) is 0.144. The number of rotatable bonds is 6. The molecular formula is C18H15Cl3N4O2. The van der Waals surface area contributed by atoms with Crippen LogP contribution in [-0.4, -0.2) is 27.2 Å². The van der Waals surface area contributed by atoms with E-state index in [9.17, 15) is 9.59 Å². The lowest BCUT2D eigenvalue weighted by Gasteiger charge is -2.08. The fourth-order valence-corrected chi connectivity index (χ4v) is 3.20. The van der Waals surface area contributed by atoms with Crippen molar-refractivity contribution < 1.29 is 4.79 Å². The van der Waals surface area contributed by atoms with Crippen molar-refractivity contribution in [2.75, 3.05) is 6.54 Å². The van der Waals surface area contributed by atoms with Crippen LogP contribution in [-0.2, 0) is 17.8 Å². The van der Waals surface area contributed by atoms with E-state index in [1.165, 1.54) is 0 Å². The summed E-state index contributed by atoms with van der Waals surface area (Å²) in [4.78, 5) is 26.7. The van der Waals surface area contributed by atoms with Gasteiger partial charge in [-0.05, 0) is 48.4 Å². The Labute approximate surface area is 170 Å². The highest BCUT2D eigenvalue weighted by atomic mass is 35.5. The van der Waals surface area contributed by atoms with Crippen LogP contribution in [0.5, 0.6) is 0 Å². The Morgan fingerprint density at radius 3 is 2.41 bits per heavy atom. The molecule has 0 spiro atoms. The predicted octanol–water partition coefficient (Wildman–Crippen LogP) is 3.56. The van der Waals surface area contributed by atoms with Gasteiger partial charge in [-0.1, -0.05) is 40.9 Å². The first-order chi connectivity index (χ1) is 12.9. The van der Waals surface area contributed by atoms with Gasteiger partial charge in [0.05, 0.1) is 0 Å². The van der Waals surface area contributed by atoms with Crippen LogP contribution in [0.3, 0.4) is 0 Å². The molecule has 0 saturated heterocycles. The summed E-state index contributed by atoms with van der Waals surface area (Å²) < 4.78 is 1.07. The minimum absolute atomic E-state index is 0.195. The van der Waals surface area contributed by atoms with Crippen LogP contribution in [0.25, 0.3) is 11.4 Å². The number of H-pyrrole nitrogens is 1. The van der Waals surface area contributed by atoms with Gasteiger partial charge >= 0.3 is 5.69 Å². The van der Waals surface area contributed by atoms with Crippen molar-refractivity contribution in [3.05, 3.63) is 73.6 Å². The van der Waals surface area contributed by atoms with Gasteiger partial charge < -0.3 is 5.32 Å². The quantitative estimate of drug-likeness (QED) is 0.634. The molecule has 2 N–H and O–H groups in total. The van der Waals surface area contributed by atoms with E-state index in [1.54, 1.807) is 42.5 Å². The number of carbonyl (C=O) groups is 1. The van der Waals surface area contributed by atoms with Gasteiger partial charge in [0.2, 0.25) is 5.91 Å². The monoisotopic (exact) mass is 424 g/mol. The fraction of sp³-hybridized carbons (Fsp3) is 0.167. The zero-order valence-corrected chi connectivity index (χ0v) is 16.3. The second-order valence-electron chi connectivity index (χ2n) is 5.74. The standard InChI is InChI=1S/C18H15Cl3N4O2/c19-12-6-4-11(5-7-12)17-23-18(27)25(24-17)10-16(26)22-9-8-13-14(20)2-1-3-15(13)21/h1-7H,8-10H2,(H,22,26)(H,23,24,27). The molecule has 6 nitrogen and oxygen atoms in total. The topological polar surface area (TPSA) is 79.8 Å². The van der Waals surface area contributed by atoms with Crippen molar-refractivity contribution in [3.8, 4) is 11.4 Å². The number of hydrogen-bond acceptors (Lipinski definition) is 3. The Bertz CT molecular complexity index is 992. The number of nitrogens with zero attached hydrogens (tertiary/aromatic N) is 2. The third kappa shape index (κ3) is 4.91. The molecule has 0 aliphatic heterocycles. The number of benzene rings is 2. The van der Waals surface area contributed by atoms with Crippen molar-refractivity contribution in [2.45, 2.75) is 13.0 Å². The molecule has 0 saturated carbocycles.